The molecule has 0 fully saturated rings. The molecular formula is C15H13Br2NO4. The van der Waals surface area contributed by atoms with Gasteiger partial charge in [-0.3, -0.25) is 5.32 Å². The van der Waals surface area contributed by atoms with Crippen molar-refractivity contribution in [2.24, 2.45) is 0 Å². The van der Waals surface area contributed by atoms with E-state index in [1.807, 2.05) is 0 Å². The van der Waals surface area contributed by atoms with Gasteiger partial charge in [-0.2, -0.15) is 0 Å². The first-order valence-electron chi connectivity index (χ1n) is 6.19. The summed E-state index contributed by atoms with van der Waals surface area (Å²) in [6.45, 7) is 0. The Kier molecular flexibility index (Phi) is 5.68. The van der Waals surface area contributed by atoms with Crippen molar-refractivity contribution in [3.63, 3.8) is 0 Å². The molecule has 7 heteroatoms. The lowest BCUT2D eigenvalue weighted by Gasteiger charge is -2.12. The first kappa shape index (κ1) is 16.6. The first-order valence-corrected chi connectivity index (χ1v) is 7.78. The summed E-state index contributed by atoms with van der Waals surface area (Å²) in [7, 11) is 3.06. The summed E-state index contributed by atoms with van der Waals surface area (Å²) in [5.41, 5.74) is 0.458. The summed E-state index contributed by atoms with van der Waals surface area (Å²) in [5, 5.41) is 2.63. The van der Waals surface area contributed by atoms with E-state index in [1.54, 1.807) is 43.5 Å². The Morgan fingerprint density at radius 2 is 1.73 bits per heavy atom. The topological polar surface area (TPSA) is 56.8 Å². The smallest absolute Gasteiger partial charge is 0.417 e. The summed E-state index contributed by atoms with van der Waals surface area (Å²) < 4.78 is 17.1. The van der Waals surface area contributed by atoms with Crippen LogP contribution in [0.1, 0.15) is 0 Å². The lowest BCUT2D eigenvalue weighted by atomic mass is 10.2. The lowest BCUT2D eigenvalue weighted by molar-refractivity contribution is 0.214. The zero-order valence-electron chi connectivity index (χ0n) is 11.9. The molecule has 1 amide bonds. The molecule has 0 atom stereocenters. The van der Waals surface area contributed by atoms with Crippen LogP contribution in [0.25, 0.3) is 0 Å². The number of carbonyl (C=O) groups is 1. The average molecular weight is 431 g/mol. The SMILES string of the molecule is COc1ccc(OC)c(NC(=O)Oc2ccc(Br)cc2Br)c1. The normalized spacial score (nSPS) is 10.0. The number of ether oxygens (including phenoxy) is 3. The third-order valence-corrected chi connectivity index (χ3v) is 3.85. The van der Waals surface area contributed by atoms with E-state index in [9.17, 15) is 4.79 Å². The number of halogens is 2. The average Bonchev–Trinajstić information content (AvgIpc) is 2.50. The minimum atomic E-state index is -0.630. The lowest BCUT2D eigenvalue weighted by Crippen LogP contribution is -2.17. The number of rotatable bonds is 4. The molecule has 116 valence electrons. The van der Waals surface area contributed by atoms with Gasteiger partial charge in [-0.05, 0) is 46.3 Å². The van der Waals surface area contributed by atoms with E-state index in [-0.39, 0.29) is 0 Å². The second-order valence-electron chi connectivity index (χ2n) is 4.16. The quantitative estimate of drug-likeness (QED) is 0.753. The van der Waals surface area contributed by atoms with Gasteiger partial charge in [0.25, 0.3) is 0 Å². The van der Waals surface area contributed by atoms with Gasteiger partial charge in [-0.15, -0.1) is 0 Å². The van der Waals surface area contributed by atoms with Crippen LogP contribution in [0.5, 0.6) is 17.2 Å². The van der Waals surface area contributed by atoms with Crippen LogP contribution in [-0.2, 0) is 0 Å². The fourth-order valence-electron chi connectivity index (χ4n) is 1.71. The van der Waals surface area contributed by atoms with E-state index >= 15 is 0 Å². The fraction of sp³-hybridized carbons (Fsp3) is 0.133. The zero-order valence-corrected chi connectivity index (χ0v) is 15.0. The highest BCUT2D eigenvalue weighted by Gasteiger charge is 2.12. The second-order valence-corrected chi connectivity index (χ2v) is 5.93. The van der Waals surface area contributed by atoms with E-state index in [0.717, 1.165) is 4.47 Å². The molecule has 0 radical (unpaired) electrons. The largest absolute Gasteiger partial charge is 0.497 e. The number of carbonyl (C=O) groups excluding carboxylic acids is 1. The summed E-state index contributed by atoms with van der Waals surface area (Å²) in [5.74, 6) is 1.51. The number of methoxy groups -OCH3 is 2. The Morgan fingerprint density at radius 1 is 1.00 bits per heavy atom. The predicted octanol–water partition coefficient (Wildman–Crippen LogP) is 4.84. The number of hydrogen-bond donors (Lipinski definition) is 1. The molecule has 0 aliphatic heterocycles. The predicted molar refractivity (Wildman–Crippen MR) is 91.0 cm³/mol. The standard InChI is InChI=1S/C15H13Br2NO4/c1-20-10-4-6-14(21-2)12(8-10)18-15(19)22-13-5-3-9(16)7-11(13)17/h3-8H,1-2H3,(H,18,19). The summed E-state index contributed by atoms with van der Waals surface area (Å²) >= 11 is 6.67. The molecule has 0 spiro atoms. The molecule has 2 aromatic carbocycles. The van der Waals surface area contributed by atoms with Gasteiger partial charge < -0.3 is 14.2 Å². The van der Waals surface area contributed by atoms with Crippen LogP contribution >= 0.6 is 31.9 Å². The highest BCUT2D eigenvalue weighted by atomic mass is 79.9. The maximum Gasteiger partial charge on any atom is 0.417 e. The zero-order chi connectivity index (χ0) is 16.1. The molecule has 1 N–H and O–H groups in total. The highest BCUT2D eigenvalue weighted by Crippen LogP contribution is 2.31. The third kappa shape index (κ3) is 4.14. The van der Waals surface area contributed by atoms with Crippen LogP contribution in [0.15, 0.2) is 45.3 Å². The molecule has 22 heavy (non-hydrogen) atoms. The number of benzene rings is 2. The van der Waals surface area contributed by atoms with Crippen molar-refractivity contribution in [2.45, 2.75) is 0 Å². The molecule has 2 aromatic rings. The molecule has 0 unspecified atom stereocenters. The van der Waals surface area contributed by atoms with Crippen LogP contribution in [0.4, 0.5) is 10.5 Å². The molecule has 0 aliphatic rings. The minimum Gasteiger partial charge on any atom is -0.497 e. The number of nitrogens with one attached hydrogen (secondary N) is 1. The van der Waals surface area contributed by atoms with E-state index in [2.05, 4.69) is 37.2 Å². The van der Waals surface area contributed by atoms with Crippen molar-refractivity contribution in [1.29, 1.82) is 0 Å². The summed E-state index contributed by atoms with van der Waals surface area (Å²) in [6, 6.07) is 10.3. The Balaban J connectivity index is 2.14. The van der Waals surface area contributed by atoms with E-state index in [4.69, 9.17) is 14.2 Å². The van der Waals surface area contributed by atoms with Crippen molar-refractivity contribution >= 4 is 43.6 Å². The van der Waals surface area contributed by atoms with Crippen LogP contribution in [0, 0.1) is 0 Å². The molecule has 0 aromatic heterocycles. The van der Waals surface area contributed by atoms with Crippen LogP contribution < -0.4 is 19.5 Å². The Bertz CT molecular complexity index is 691. The van der Waals surface area contributed by atoms with Gasteiger partial charge in [0.1, 0.15) is 17.2 Å². The molecule has 0 saturated heterocycles. The number of anilines is 1. The monoisotopic (exact) mass is 429 g/mol. The Labute approximate surface area is 144 Å². The van der Waals surface area contributed by atoms with Crippen molar-refractivity contribution < 1.29 is 19.0 Å². The molecule has 0 aliphatic carbocycles. The van der Waals surface area contributed by atoms with Gasteiger partial charge in [0.2, 0.25) is 0 Å². The first-order chi connectivity index (χ1) is 10.5. The van der Waals surface area contributed by atoms with Crippen LogP contribution in [0.2, 0.25) is 0 Å². The van der Waals surface area contributed by atoms with E-state index in [1.165, 1.54) is 7.11 Å². The van der Waals surface area contributed by atoms with E-state index < -0.39 is 6.09 Å². The van der Waals surface area contributed by atoms with Crippen molar-refractivity contribution in [1.82, 2.24) is 0 Å². The van der Waals surface area contributed by atoms with Gasteiger partial charge in [-0.25, -0.2) is 4.79 Å². The second kappa shape index (κ2) is 7.51. The van der Waals surface area contributed by atoms with Gasteiger partial charge in [0, 0.05) is 10.5 Å². The molecule has 0 bridgehead atoms. The maximum atomic E-state index is 12.0. The van der Waals surface area contributed by atoms with Crippen molar-refractivity contribution in [2.75, 3.05) is 19.5 Å². The maximum absolute atomic E-state index is 12.0. The minimum absolute atomic E-state index is 0.405. The summed E-state index contributed by atoms with van der Waals surface area (Å²) in [6.07, 6.45) is -0.630. The number of amides is 1. The fourth-order valence-corrected chi connectivity index (χ4v) is 2.83. The molecule has 5 nitrogen and oxygen atoms in total. The van der Waals surface area contributed by atoms with Gasteiger partial charge in [0.05, 0.1) is 24.4 Å². The van der Waals surface area contributed by atoms with Crippen LogP contribution in [-0.4, -0.2) is 20.3 Å². The van der Waals surface area contributed by atoms with Gasteiger partial charge in [-0.1, -0.05) is 15.9 Å². The van der Waals surface area contributed by atoms with E-state index in [0.29, 0.717) is 27.4 Å². The van der Waals surface area contributed by atoms with Crippen molar-refractivity contribution in [3.05, 3.63) is 45.3 Å². The van der Waals surface area contributed by atoms with Gasteiger partial charge in [0.15, 0.2) is 0 Å². The molecule has 0 saturated carbocycles. The third-order valence-electron chi connectivity index (χ3n) is 2.74. The van der Waals surface area contributed by atoms with Crippen molar-refractivity contribution in [3.8, 4) is 17.2 Å². The highest BCUT2D eigenvalue weighted by molar-refractivity contribution is 9.11. The number of hydrogen-bond acceptors (Lipinski definition) is 4. The Morgan fingerprint density at radius 3 is 2.36 bits per heavy atom. The Hall–Kier alpha value is -1.73. The van der Waals surface area contributed by atoms with Crippen LogP contribution in [0.3, 0.4) is 0 Å². The summed E-state index contributed by atoms with van der Waals surface area (Å²) in [4.78, 5) is 12.0. The molecular weight excluding hydrogens is 418 g/mol. The molecule has 0 heterocycles. The molecule has 2 rings (SSSR count). The van der Waals surface area contributed by atoms with Gasteiger partial charge >= 0.3 is 6.09 Å².